The summed E-state index contributed by atoms with van der Waals surface area (Å²) in [6, 6.07) is 70.2. The molecule has 4 aromatic carbocycles. The number of nitrogens with two attached hydrogens (primary N) is 4. The van der Waals surface area contributed by atoms with Crippen molar-refractivity contribution in [2.75, 3.05) is 22.9 Å². The van der Waals surface area contributed by atoms with Crippen molar-refractivity contribution in [3.8, 4) is 0 Å². The number of aliphatic hydroxyl groups excluding tert-OH is 4. The Morgan fingerprint density at radius 1 is 0.306 bits per heavy atom. The van der Waals surface area contributed by atoms with Crippen LogP contribution in [0.2, 0.25) is 0 Å². The van der Waals surface area contributed by atoms with Crippen LogP contribution in [0.25, 0.3) is 21.7 Å². The Labute approximate surface area is 587 Å². The van der Waals surface area contributed by atoms with Gasteiger partial charge in [-0.25, -0.2) is 0 Å². The van der Waals surface area contributed by atoms with Crippen LogP contribution >= 0.6 is 0 Å². The minimum absolute atomic E-state index is 0. The van der Waals surface area contributed by atoms with E-state index in [1.54, 1.807) is 147 Å². The molecule has 12 rings (SSSR count). The van der Waals surface area contributed by atoms with Crippen LogP contribution in [0.15, 0.2) is 302 Å². The Kier molecular flexibility index (Phi) is 29.8. The van der Waals surface area contributed by atoms with Gasteiger partial charge in [0.1, 0.15) is 12.5 Å². The molecule has 12 aromatic rings. The molecule has 8 aromatic heterocycles. The number of benzene rings is 4. The van der Waals surface area contributed by atoms with Gasteiger partial charge in [0.15, 0.2) is 11.8 Å². The fraction of sp³-hybridized carbons (Fsp3) is 0.0833. The molecule has 0 bridgehead atoms. The zero-order valence-corrected chi connectivity index (χ0v) is 54.2. The van der Waals surface area contributed by atoms with Crippen LogP contribution in [0.3, 0.4) is 0 Å². The number of nitrogen functional groups attached to an aromatic ring is 4. The van der Waals surface area contributed by atoms with E-state index in [1.807, 2.05) is 146 Å². The van der Waals surface area contributed by atoms with Crippen molar-refractivity contribution in [2.45, 2.75) is 36.6 Å². The number of hydrogen-bond acceptors (Lipinski definition) is 18. The Bertz CT molecular complexity index is 3800. The van der Waals surface area contributed by atoms with Crippen LogP contribution in [0, 0.1) is 0 Å². The van der Waals surface area contributed by atoms with Crippen LogP contribution in [-0.2, 0) is 34.1 Å². The number of aliphatic hydroxyl groups is 4. The zero-order chi connectivity index (χ0) is 67.1. The average Bonchev–Trinajstić information content (AvgIpc) is 0.916. The van der Waals surface area contributed by atoms with Crippen molar-refractivity contribution in [1.82, 2.24) is 50.7 Å². The molecule has 1 radical (unpaired) electrons. The first kappa shape index (κ1) is 74.0. The number of nitrogens with zero attached hydrogens (tertiary/aromatic N) is 14. The maximum absolute atomic E-state index is 10.3. The molecule has 499 valence electrons. The fourth-order valence-electron chi connectivity index (χ4n) is 8.81. The third-order valence-corrected chi connectivity index (χ3v) is 13.8. The number of aromatic nitrogens is 8. The van der Waals surface area contributed by atoms with E-state index in [0.717, 1.165) is 22.8 Å². The summed E-state index contributed by atoms with van der Waals surface area (Å²) in [5.41, 5.74) is 56.2. The average molecular weight is 1400 g/mol. The topological polar surface area (TPSA) is 393 Å². The van der Waals surface area contributed by atoms with Gasteiger partial charge in [0.05, 0.1) is 0 Å². The van der Waals surface area contributed by atoms with Crippen molar-refractivity contribution < 1.29 is 54.6 Å². The molecule has 0 saturated carbocycles. The second kappa shape index (κ2) is 39.5. The summed E-state index contributed by atoms with van der Waals surface area (Å²) >= 11 is 0. The fourth-order valence-corrected chi connectivity index (χ4v) is 8.81. The van der Waals surface area contributed by atoms with Gasteiger partial charge in [0.25, 0.3) is 0 Å². The van der Waals surface area contributed by atoms with Gasteiger partial charge in [-0.15, -0.1) is 0 Å². The molecule has 2 unspecified atom stereocenters. The molecule has 0 aliphatic rings. The standard InChI is InChI=1S/2C18H18N5O.2C18H16N5O.Cu.Fe/c4*19-14-9-7-13(8-10-14)18(24)23-22-17(15-5-1-3-11-20-15)16-6-2-4-12-21-16;;/h2*1-12,17-18,23-24H,19H2;2*1-12,17H,(H3,19,23,24);;/q4*-1;2*+2. The largest absolute Gasteiger partial charge is 2.00 e. The third kappa shape index (κ3) is 22.9. The first-order valence-corrected chi connectivity index (χ1v) is 29.9. The summed E-state index contributed by atoms with van der Waals surface area (Å²) < 4.78 is 0. The smallest absolute Gasteiger partial charge is 0.587 e. The summed E-state index contributed by atoms with van der Waals surface area (Å²) in [4.78, 5) is 34.6. The molecule has 0 aliphatic heterocycles. The number of anilines is 4. The molecule has 0 saturated heterocycles. The molecule has 14 N–H and O–H groups in total. The second-order valence-corrected chi connectivity index (χ2v) is 20.6. The van der Waals surface area contributed by atoms with Crippen LogP contribution < -0.4 is 33.8 Å². The van der Waals surface area contributed by atoms with Gasteiger partial charge in [-0.05, 0) is 205 Å². The predicted molar refractivity (Wildman–Crippen MR) is 373 cm³/mol. The van der Waals surface area contributed by atoms with Gasteiger partial charge in [0, 0.05) is 129 Å². The summed E-state index contributed by atoms with van der Waals surface area (Å²) in [7, 11) is 0. The van der Waals surface area contributed by atoms with Crippen molar-refractivity contribution in [3.63, 3.8) is 0 Å². The molecule has 8 heterocycles. The van der Waals surface area contributed by atoms with Gasteiger partial charge in [-0.1, -0.05) is 72.8 Å². The van der Waals surface area contributed by atoms with Crippen molar-refractivity contribution in [2.24, 2.45) is 10.2 Å². The monoisotopic (exact) mass is 1400 g/mol. The minimum atomic E-state index is -0.944. The molecule has 98 heavy (non-hydrogen) atoms. The van der Waals surface area contributed by atoms with Crippen LogP contribution in [-0.4, -0.2) is 72.1 Å². The van der Waals surface area contributed by atoms with E-state index in [-0.39, 0.29) is 45.9 Å². The van der Waals surface area contributed by atoms with Crippen LogP contribution in [0.1, 0.15) is 104 Å². The van der Waals surface area contributed by atoms with E-state index >= 15 is 0 Å². The van der Waals surface area contributed by atoms with Crippen molar-refractivity contribution >= 4 is 34.5 Å². The van der Waals surface area contributed by atoms with Crippen molar-refractivity contribution in [3.05, 3.63) is 382 Å². The number of nitrogens with one attached hydrogen (secondary N) is 2. The predicted octanol–water partition coefficient (Wildman–Crippen LogP) is 12.3. The molecule has 24 nitrogen and oxygen atoms in total. The molecular formula is C72H68CuFeN20O4. The van der Waals surface area contributed by atoms with Gasteiger partial charge in [-0.3, -0.25) is 39.9 Å². The van der Waals surface area contributed by atoms with Gasteiger partial charge >= 0.3 is 34.1 Å². The zero-order valence-electron chi connectivity index (χ0n) is 52.2. The normalized spacial score (nSPS) is 11.6. The van der Waals surface area contributed by atoms with E-state index in [1.165, 1.54) is 0 Å². The number of hydrogen-bond donors (Lipinski definition) is 10. The Hall–Kier alpha value is -11.4. The van der Waals surface area contributed by atoms with Crippen LogP contribution in [0.4, 0.5) is 22.7 Å². The van der Waals surface area contributed by atoms with E-state index in [4.69, 9.17) is 22.9 Å². The summed E-state index contributed by atoms with van der Waals surface area (Å²) in [6.45, 7) is 0. The summed E-state index contributed by atoms with van der Waals surface area (Å²) in [6.07, 6.45) is 11.7. The van der Waals surface area contributed by atoms with Crippen molar-refractivity contribution in [1.29, 1.82) is 0 Å². The number of pyridine rings is 8. The van der Waals surface area contributed by atoms with E-state index < -0.39 is 36.6 Å². The SMILES string of the molecule is Nc1ccc(C(O)=N[N-]C(c2ccccn2)c2ccccn2)cc1.Nc1ccc(C(O)=N[N-]C(c2ccccn2)c2ccccn2)cc1.Nc1ccc(C(O)N[N-]C(c2ccccn2)c2ccccn2)cc1.Nc1ccc(C(O)N[N-]C(c2ccccn2)c2ccccn2)cc1.[Cu+2].[Fe+2]. The van der Waals surface area contributed by atoms with Gasteiger partial charge < -0.3 is 86.1 Å². The molecule has 0 aliphatic carbocycles. The van der Waals surface area contributed by atoms with E-state index in [9.17, 15) is 20.4 Å². The Morgan fingerprint density at radius 3 is 0.714 bits per heavy atom. The van der Waals surface area contributed by atoms with E-state index in [2.05, 4.69) is 82.6 Å². The molecular weight excluding hydrogens is 1330 g/mol. The summed E-state index contributed by atoms with van der Waals surface area (Å²) in [5, 5.41) is 48.7. The molecule has 0 fully saturated rings. The Balaban J connectivity index is 0.000000183. The quantitative estimate of drug-likeness (QED) is 0.00752. The summed E-state index contributed by atoms with van der Waals surface area (Å²) in [5.74, 6) is -0.376. The van der Waals surface area contributed by atoms with Gasteiger partial charge in [0.2, 0.25) is 0 Å². The van der Waals surface area contributed by atoms with E-state index in [0.29, 0.717) is 67.8 Å². The second-order valence-electron chi connectivity index (χ2n) is 20.6. The first-order chi connectivity index (χ1) is 46.9. The first-order valence-electron chi connectivity index (χ1n) is 29.9. The Morgan fingerprint density at radius 2 is 0.510 bits per heavy atom. The molecule has 0 spiro atoms. The third-order valence-electron chi connectivity index (χ3n) is 13.8. The minimum Gasteiger partial charge on any atom is -0.587 e. The molecule has 2 atom stereocenters. The van der Waals surface area contributed by atoms with Crippen LogP contribution in [0.5, 0.6) is 0 Å². The van der Waals surface area contributed by atoms with Gasteiger partial charge in [-0.2, -0.15) is 0 Å². The maximum Gasteiger partial charge on any atom is 2.00 e. The number of rotatable bonds is 22. The molecule has 0 amide bonds. The maximum atomic E-state index is 10.3. The molecule has 26 heteroatoms.